The number of thioether (sulfide) groups is 1. The molecule has 0 N–H and O–H groups in total. The molecular formula is C24H19BrN2O3S. The second kappa shape index (κ2) is 9.26. The quantitative estimate of drug-likeness (QED) is 0.292. The molecule has 0 radical (unpaired) electrons. The summed E-state index contributed by atoms with van der Waals surface area (Å²) in [7, 11) is 0. The molecule has 1 aliphatic heterocycles. The molecule has 0 spiro atoms. The largest absolute Gasteiger partial charge is 0.460 e. The minimum absolute atomic E-state index is 0.417. The molecular weight excluding hydrogens is 476 g/mol. The lowest BCUT2D eigenvalue weighted by atomic mass is 10.1. The van der Waals surface area contributed by atoms with E-state index >= 15 is 0 Å². The van der Waals surface area contributed by atoms with E-state index in [4.69, 9.17) is 13.9 Å². The Morgan fingerprint density at radius 3 is 2.55 bits per heavy atom. The number of fused-ring (bicyclic) bond motifs is 1. The van der Waals surface area contributed by atoms with Crippen molar-refractivity contribution >= 4 is 27.7 Å². The number of hydrogen-bond donors (Lipinski definition) is 0. The summed E-state index contributed by atoms with van der Waals surface area (Å²) in [6.07, 6.45) is 0.208. The van der Waals surface area contributed by atoms with Crippen LogP contribution in [0.3, 0.4) is 0 Å². The zero-order chi connectivity index (χ0) is 21.0. The summed E-state index contributed by atoms with van der Waals surface area (Å²) in [6.45, 7) is 0.494. The van der Waals surface area contributed by atoms with Crippen LogP contribution in [0.1, 0.15) is 34.4 Å². The minimum atomic E-state index is -0.417. The highest BCUT2D eigenvalue weighted by Crippen LogP contribution is 2.40. The predicted molar refractivity (Wildman–Crippen MR) is 122 cm³/mol. The normalized spacial score (nSPS) is 15.3. The van der Waals surface area contributed by atoms with E-state index in [2.05, 4.69) is 32.2 Å². The van der Waals surface area contributed by atoms with Gasteiger partial charge in [-0.25, -0.2) is 0 Å². The summed E-state index contributed by atoms with van der Waals surface area (Å²) in [5, 5.41) is 8.92. The monoisotopic (exact) mass is 494 g/mol. The molecule has 0 bridgehead atoms. The van der Waals surface area contributed by atoms with Crippen molar-refractivity contribution in [3.63, 3.8) is 0 Å². The Hall–Kier alpha value is -2.61. The zero-order valence-corrected chi connectivity index (χ0v) is 18.9. The van der Waals surface area contributed by atoms with Crippen LogP contribution >= 0.6 is 27.7 Å². The highest BCUT2D eigenvalue weighted by Gasteiger charge is 2.25. The van der Waals surface area contributed by atoms with Crippen molar-refractivity contribution in [1.29, 1.82) is 0 Å². The van der Waals surface area contributed by atoms with Gasteiger partial charge in [0.15, 0.2) is 0 Å². The van der Waals surface area contributed by atoms with Gasteiger partial charge in [0.25, 0.3) is 5.22 Å². The summed E-state index contributed by atoms with van der Waals surface area (Å²) in [5.41, 5.74) is 4.22. The zero-order valence-electron chi connectivity index (χ0n) is 16.5. The average molecular weight is 495 g/mol. The third kappa shape index (κ3) is 4.84. The van der Waals surface area contributed by atoms with E-state index in [1.54, 1.807) is 0 Å². The molecule has 156 valence electrons. The van der Waals surface area contributed by atoms with Crippen molar-refractivity contribution in [2.75, 3.05) is 0 Å². The fourth-order valence-corrected chi connectivity index (χ4v) is 4.74. The SMILES string of the molecule is Brc1cc2c(c(CSc3nnc(Cc4ccccc4)o3)c1)O[C@H](c1ccccc1)OC2. The smallest absolute Gasteiger partial charge is 0.276 e. The van der Waals surface area contributed by atoms with Gasteiger partial charge in [-0.2, -0.15) is 0 Å². The molecule has 4 aromatic rings. The van der Waals surface area contributed by atoms with Crippen LogP contribution in [0.15, 0.2) is 86.9 Å². The first-order valence-electron chi connectivity index (χ1n) is 9.88. The van der Waals surface area contributed by atoms with E-state index < -0.39 is 6.29 Å². The Balaban J connectivity index is 1.31. The summed E-state index contributed by atoms with van der Waals surface area (Å²) >= 11 is 5.10. The maximum absolute atomic E-state index is 6.25. The van der Waals surface area contributed by atoms with Crippen molar-refractivity contribution in [1.82, 2.24) is 10.2 Å². The van der Waals surface area contributed by atoms with Gasteiger partial charge in [-0.3, -0.25) is 0 Å². The van der Waals surface area contributed by atoms with Crippen LogP contribution in [0.4, 0.5) is 0 Å². The number of hydrogen-bond acceptors (Lipinski definition) is 6. The summed E-state index contributed by atoms with van der Waals surface area (Å²) in [4.78, 5) is 0. The highest BCUT2D eigenvalue weighted by molar-refractivity contribution is 9.10. The Kier molecular flexibility index (Phi) is 6.06. The molecule has 0 fully saturated rings. The third-order valence-electron chi connectivity index (χ3n) is 4.89. The fourth-order valence-electron chi connectivity index (χ4n) is 3.44. The van der Waals surface area contributed by atoms with Crippen LogP contribution in [0.2, 0.25) is 0 Å². The molecule has 0 amide bonds. The van der Waals surface area contributed by atoms with E-state index in [1.165, 1.54) is 11.8 Å². The van der Waals surface area contributed by atoms with Crippen molar-refractivity contribution in [3.8, 4) is 5.75 Å². The molecule has 1 aliphatic rings. The van der Waals surface area contributed by atoms with Crippen LogP contribution in [0.25, 0.3) is 0 Å². The first-order valence-corrected chi connectivity index (χ1v) is 11.7. The maximum atomic E-state index is 6.25. The van der Waals surface area contributed by atoms with Crippen molar-refractivity contribution in [3.05, 3.63) is 105 Å². The van der Waals surface area contributed by atoms with E-state index in [9.17, 15) is 0 Å². The Bertz CT molecular complexity index is 1170. The summed E-state index contributed by atoms with van der Waals surface area (Å²) < 4.78 is 19.0. The maximum Gasteiger partial charge on any atom is 0.276 e. The molecule has 7 heteroatoms. The molecule has 5 rings (SSSR count). The Labute approximate surface area is 192 Å². The summed E-state index contributed by atoms with van der Waals surface area (Å²) in [6, 6.07) is 24.2. The number of nitrogens with zero attached hydrogens (tertiary/aromatic N) is 2. The second-order valence-corrected chi connectivity index (χ2v) is 8.98. The van der Waals surface area contributed by atoms with Gasteiger partial charge in [-0.1, -0.05) is 88.4 Å². The number of halogens is 1. The molecule has 0 saturated carbocycles. The van der Waals surface area contributed by atoms with Gasteiger partial charge >= 0.3 is 0 Å². The third-order valence-corrected chi connectivity index (χ3v) is 6.22. The van der Waals surface area contributed by atoms with Gasteiger partial charge < -0.3 is 13.9 Å². The number of aromatic nitrogens is 2. The molecule has 0 aliphatic carbocycles. The molecule has 31 heavy (non-hydrogen) atoms. The van der Waals surface area contributed by atoms with E-state index in [1.807, 2.05) is 66.7 Å². The number of ether oxygens (including phenoxy) is 2. The standard InChI is InChI=1S/C24H19BrN2O3S/c25-20-12-18-14-28-23(17-9-5-2-6-10-17)30-22(18)19(13-20)15-31-24-27-26-21(29-24)11-16-7-3-1-4-8-16/h1-10,12-13,23H,11,14-15H2/t23-/m1/s1. The van der Waals surface area contributed by atoms with E-state index in [-0.39, 0.29) is 0 Å². The topological polar surface area (TPSA) is 57.4 Å². The first kappa shape index (κ1) is 20.3. The fraction of sp³-hybridized carbons (Fsp3) is 0.167. The van der Waals surface area contributed by atoms with Gasteiger partial charge in [0.2, 0.25) is 12.2 Å². The molecule has 0 saturated heterocycles. The van der Waals surface area contributed by atoms with Gasteiger partial charge in [-0.05, 0) is 17.7 Å². The molecule has 3 aromatic carbocycles. The molecule has 0 unspecified atom stereocenters. The Morgan fingerprint density at radius 1 is 0.968 bits per heavy atom. The van der Waals surface area contributed by atoms with E-state index in [0.717, 1.165) is 32.5 Å². The average Bonchev–Trinajstić information content (AvgIpc) is 3.25. The second-order valence-electron chi connectivity index (χ2n) is 7.14. The van der Waals surface area contributed by atoms with Crippen molar-refractivity contribution in [2.45, 2.75) is 30.3 Å². The molecule has 1 aromatic heterocycles. The van der Waals surface area contributed by atoms with E-state index in [0.29, 0.717) is 29.9 Å². The predicted octanol–water partition coefficient (Wildman–Crippen LogP) is 6.32. The highest BCUT2D eigenvalue weighted by atomic mass is 79.9. The number of rotatable bonds is 6. The van der Waals surface area contributed by atoms with Crippen molar-refractivity contribution in [2.24, 2.45) is 0 Å². The number of benzene rings is 3. The molecule has 5 nitrogen and oxygen atoms in total. The molecule has 2 heterocycles. The first-order chi connectivity index (χ1) is 15.2. The van der Waals surface area contributed by atoms with Crippen LogP contribution in [0, 0.1) is 0 Å². The van der Waals surface area contributed by atoms with Crippen LogP contribution < -0.4 is 4.74 Å². The Morgan fingerprint density at radius 2 is 1.74 bits per heavy atom. The van der Waals surface area contributed by atoms with Gasteiger partial charge in [0.05, 0.1) is 13.0 Å². The van der Waals surface area contributed by atoms with Crippen LogP contribution in [-0.2, 0) is 23.5 Å². The lowest BCUT2D eigenvalue weighted by molar-refractivity contribution is -0.111. The lowest BCUT2D eigenvalue weighted by Crippen LogP contribution is -2.19. The van der Waals surface area contributed by atoms with Gasteiger partial charge in [-0.15, -0.1) is 10.2 Å². The van der Waals surface area contributed by atoms with Crippen LogP contribution in [0.5, 0.6) is 5.75 Å². The molecule has 1 atom stereocenters. The van der Waals surface area contributed by atoms with Gasteiger partial charge in [0.1, 0.15) is 5.75 Å². The van der Waals surface area contributed by atoms with Gasteiger partial charge in [0, 0.05) is 26.9 Å². The van der Waals surface area contributed by atoms with Crippen molar-refractivity contribution < 1.29 is 13.9 Å². The van der Waals surface area contributed by atoms with Crippen LogP contribution in [-0.4, -0.2) is 10.2 Å². The minimum Gasteiger partial charge on any atom is -0.460 e. The lowest BCUT2D eigenvalue weighted by Gasteiger charge is -2.28. The summed E-state index contributed by atoms with van der Waals surface area (Å²) in [5.74, 6) is 2.12.